The van der Waals surface area contributed by atoms with Gasteiger partial charge >= 0.3 is 0 Å². The summed E-state index contributed by atoms with van der Waals surface area (Å²) in [7, 11) is 0. The Labute approximate surface area is 201 Å². The average Bonchev–Trinajstić information content (AvgIpc) is 3.57. The van der Waals surface area contributed by atoms with E-state index in [9.17, 15) is 19.5 Å². The van der Waals surface area contributed by atoms with Crippen LogP contribution in [0.2, 0.25) is 0 Å². The van der Waals surface area contributed by atoms with Crippen LogP contribution in [-0.2, 0) is 4.79 Å². The quantitative estimate of drug-likeness (QED) is 0.526. The van der Waals surface area contributed by atoms with Gasteiger partial charge < -0.3 is 29.9 Å². The molecule has 182 valence electrons. The third kappa shape index (κ3) is 4.44. The molecule has 0 saturated carbocycles. The van der Waals surface area contributed by atoms with Crippen LogP contribution in [0.15, 0.2) is 48.8 Å². The van der Waals surface area contributed by atoms with E-state index in [-0.39, 0.29) is 18.4 Å². The molecule has 2 aliphatic heterocycles. The van der Waals surface area contributed by atoms with Gasteiger partial charge in [-0.1, -0.05) is 0 Å². The van der Waals surface area contributed by atoms with Crippen molar-refractivity contribution in [2.24, 2.45) is 5.73 Å². The summed E-state index contributed by atoms with van der Waals surface area (Å²) in [5.41, 5.74) is 6.86. The number of hydrogen-bond acceptors (Lipinski definition) is 6. The normalized spacial score (nSPS) is 20.1. The number of benzene rings is 1. The predicted octanol–water partition coefficient (Wildman–Crippen LogP) is 1.19. The lowest BCUT2D eigenvalue weighted by Gasteiger charge is -2.18. The second kappa shape index (κ2) is 9.38. The molecule has 3 N–H and O–H groups in total. The molecule has 0 spiro atoms. The van der Waals surface area contributed by atoms with Crippen molar-refractivity contribution in [3.8, 4) is 5.75 Å². The molecule has 1 aromatic carbocycles. The van der Waals surface area contributed by atoms with Gasteiger partial charge in [-0.25, -0.2) is 4.98 Å². The largest absolute Gasteiger partial charge is 0.492 e. The smallest absolute Gasteiger partial charge is 0.254 e. The fraction of sp³-hybridized carbons (Fsp3) is 0.360. The molecule has 3 amide bonds. The van der Waals surface area contributed by atoms with Gasteiger partial charge in [-0.3, -0.25) is 14.4 Å². The van der Waals surface area contributed by atoms with Gasteiger partial charge in [0.25, 0.3) is 5.91 Å². The molecule has 2 aromatic heterocycles. The summed E-state index contributed by atoms with van der Waals surface area (Å²) in [6.07, 6.45) is 3.98. The number of primary amides is 1. The Hall–Kier alpha value is -3.92. The number of nitrogens with zero attached hydrogens (tertiary/aromatic N) is 4. The summed E-state index contributed by atoms with van der Waals surface area (Å²) in [5, 5.41) is 11.3. The van der Waals surface area contributed by atoms with Crippen LogP contribution < -0.4 is 10.5 Å². The molecule has 10 heteroatoms. The molecule has 3 aromatic rings. The number of pyridine rings is 1. The predicted molar refractivity (Wildman–Crippen MR) is 127 cm³/mol. The number of aliphatic hydroxyl groups excluding tert-OH is 1. The molecule has 0 radical (unpaired) electrons. The maximum Gasteiger partial charge on any atom is 0.254 e. The zero-order valence-electron chi connectivity index (χ0n) is 19.2. The summed E-state index contributed by atoms with van der Waals surface area (Å²) in [5.74, 6) is 0.0548. The highest BCUT2D eigenvalue weighted by atomic mass is 16.5. The lowest BCUT2D eigenvalue weighted by atomic mass is 10.2. The number of ether oxygens (including phenoxy) is 1. The molecule has 0 aliphatic carbocycles. The summed E-state index contributed by atoms with van der Waals surface area (Å²) in [4.78, 5) is 44.3. The molecule has 5 rings (SSSR count). The highest BCUT2D eigenvalue weighted by Gasteiger charge is 2.36. The number of β-amino-alcohol motifs (C(OH)–C–C–N with tert-alkyl or cyclic N) is 1. The summed E-state index contributed by atoms with van der Waals surface area (Å²) in [6.45, 7) is 2.21. The monoisotopic (exact) mass is 477 g/mol. The van der Waals surface area contributed by atoms with Gasteiger partial charge in [0.2, 0.25) is 11.8 Å². The van der Waals surface area contributed by atoms with Crippen LogP contribution in [0.25, 0.3) is 11.0 Å². The van der Waals surface area contributed by atoms with Crippen molar-refractivity contribution in [2.45, 2.75) is 25.0 Å². The Morgan fingerprint density at radius 1 is 1.14 bits per heavy atom. The van der Waals surface area contributed by atoms with E-state index in [1.54, 1.807) is 57.0 Å². The lowest BCUT2D eigenvalue weighted by Crippen LogP contribution is -2.30. The maximum absolute atomic E-state index is 13.1. The Morgan fingerprint density at radius 3 is 2.66 bits per heavy atom. The topological polar surface area (TPSA) is 131 Å². The van der Waals surface area contributed by atoms with Crippen molar-refractivity contribution < 1.29 is 24.2 Å². The molecule has 10 nitrogen and oxygen atoms in total. The van der Waals surface area contributed by atoms with Crippen LogP contribution in [0, 0.1) is 0 Å². The van der Waals surface area contributed by atoms with Crippen LogP contribution in [0.1, 0.15) is 39.6 Å². The highest BCUT2D eigenvalue weighted by Crippen LogP contribution is 2.29. The van der Waals surface area contributed by atoms with Crippen molar-refractivity contribution in [2.75, 3.05) is 32.8 Å². The molecule has 0 unspecified atom stereocenters. The molecule has 35 heavy (non-hydrogen) atoms. The van der Waals surface area contributed by atoms with Crippen molar-refractivity contribution >= 4 is 28.8 Å². The molecule has 2 atom stereocenters. The first-order valence-corrected chi connectivity index (χ1v) is 11.7. The summed E-state index contributed by atoms with van der Waals surface area (Å²) in [6, 6.07) is 9.78. The fourth-order valence-electron chi connectivity index (χ4n) is 4.84. The number of hydrogen-bond donors (Lipinski definition) is 2. The van der Waals surface area contributed by atoms with Gasteiger partial charge in [0.15, 0.2) is 0 Å². The maximum atomic E-state index is 13.1. The minimum Gasteiger partial charge on any atom is -0.492 e. The number of fused-ring (bicyclic) bond motifs is 1. The number of carbonyl (C=O) groups excluding carboxylic acids is 3. The first kappa shape index (κ1) is 22.9. The first-order valence-electron chi connectivity index (χ1n) is 11.7. The van der Waals surface area contributed by atoms with Crippen molar-refractivity contribution in [3.63, 3.8) is 0 Å². The van der Waals surface area contributed by atoms with Crippen LogP contribution in [0.5, 0.6) is 5.75 Å². The highest BCUT2D eigenvalue weighted by molar-refractivity contribution is 6.04. The standard InChI is InChI=1S/C25H27N5O5/c26-23(33)18-7-9-27-24-19(18)8-11-30(24)20-14-29(15-21(20)31)25(34)16-3-5-17(6-4-16)35-13-12-28-10-1-2-22(28)32/h3-9,11,20-21,31H,1-2,10,12-15H2,(H2,26,33)/t20-,21-/m1/s1. The Balaban J connectivity index is 1.23. The second-order valence-corrected chi connectivity index (χ2v) is 8.89. The van der Waals surface area contributed by atoms with E-state index in [0.717, 1.165) is 13.0 Å². The molecular weight excluding hydrogens is 450 g/mol. The minimum atomic E-state index is -0.788. The number of aromatic nitrogens is 2. The van der Waals surface area contributed by atoms with Crippen molar-refractivity contribution in [3.05, 3.63) is 59.9 Å². The molecule has 4 heterocycles. The van der Waals surface area contributed by atoms with Crippen LogP contribution in [0.3, 0.4) is 0 Å². The van der Waals surface area contributed by atoms with Crippen molar-refractivity contribution in [1.82, 2.24) is 19.4 Å². The third-order valence-corrected chi connectivity index (χ3v) is 6.69. The van der Waals surface area contributed by atoms with Gasteiger partial charge in [0.1, 0.15) is 18.0 Å². The Morgan fingerprint density at radius 2 is 1.94 bits per heavy atom. The summed E-state index contributed by atoms with van der Waals surface area (Å²) < 4.78 is 7.52. The van der Waals surface area contributed by atoms with Gasteiger partial charge in [0.05, 0.1) is 24.3 Å². The van der Waals surface area contributed by atoms with Crippen LogP contribution >= 0.6 is 0 Å². The zero-order valence-corrected chi connectivity index (χ0v) is 19.2. The van der Waals surface area contributed by atoms with E-state index in [1.807, 2.05) is 0 Å². The number of likely N-dealkylation sites (tertiary alicyclic amines) is 2. The zero-order chi connectivity index (χ0) is 24.5. The van der Waals surface area contributed by atoms with Crippen LogP contribution in [0.4, 0.5) is 0 Å². The fourth-order valence-corrected chi connectivity index (χ4v) is 4.84. The van der Waals surface area contributed by atoms with Crippen LogP contribution in [-0.4, -0.2) is 81.1 Å². The van der Waals surface area contributed by atoms with Gasteiger partial charge in [0, 0.05) is 49.4 Å². The number of aliphatic hydroxyl groups is 1. The van der Waals surface area contributed by atoms with Gasteiger partial charge in [-0.15, -0.1) is 0 Å². The molecular formula is C25H27N5O5. The molecule has 2 saturated heterocycles. The van der Waals surface area contributed by atoms with E-state index in [2.05, 4.69) is 4.98 Å². The minimum absolute atomic E-state index is 0.164. The van der Waals surface area contributed by atoms with E-state index < -0.39 is 18.1 Å². The number of rotatable bonds is 7. The Kier molecular flexibility index (Phi) is 6.12. The molecule has 2 aliphatic rings. The number of nitrogens with two attached hydrogens (primary N) is 1. The van der Waals surface area contributed by atoms with E-state index >= 15 is 0 Å². The van der Waals surface area contributed by atoms with Crippen molar-refractivity contribution in [1.29, 1.82) is 0 Å². The number of amides is 3. The van der Waals surface area contributed by atoms with E-state index in [1.165, 1.54) is 6.20 Å². The SMILES string of the molecule is NC(=O)c1ccnc2c1ccn2[C@@H]1CN(C(=O)c2ccc(OCCN3CCCC3=O)cc2)C[C@H]1O. The summed E-state index contributed by atoms with van der Waals surface area (Å²) >= 11 is 0. The van der Waals surface area contributed by atoms with Gasteiger partial charge in [-0.05, 0) is 42.8 Å². The van der Waals surface area contributed by atoms with Gasteiger partial charge in [-0.2, -0.15) is 0 Å². The molecule has 0 bridgehead atoms. The first-order chi connectivity index (χ1) is 16.9. The van der Waals surface area contributed by atoms with E-state index in [4.69, 9.17) is 10.5 Å². The van der Waals surface area contributed by atoms with E-state index in [0.29, 0.717) is 54.0 Å². The average molecular weight is 478 g/mol. The lowest BCUT2D eigenvalue weighted by molar-refractivity contribution is -0.128. The Bertz CT molecular complexity index is 1270. The third-order valence-electron chi connectivity index (χ3n) is 6.69. The second-order valence-electron chi connectivity index (χ2n) is 8.89. The number of carbonyl (C=O) groups is 3. The molecule has 2 fully saturated rings.